The van der Waals surface area contributed by atoms with Crippen molar-refractivity contribution < 1.29 is 6.22 Å². The Kier molecular flexibility index (Phi) is 7.53. The van der Waals surface area contributed by atoms with E-state index in [-0.39, 0.29) is 13.4 Å². The average molecular weight is 369 g/mol. The van der Waals surface area contributed by atoms with E-state index < -0.39 is 0 Å². The Morgan fingerprint density at radius 2 is 2.00 bits per heavy atom. The van der Waals surface area contributed by atoms with Gasteiger partial charge in [-0.25, -0.2) is 0 Å². The van der Waals surface area contributed by atoms with Crippen molar-refractivity contribution in [1.29, 1.82) is 0 Å². The van der Waals surface area contributed by atoms with Crippen LogP contribution in [0.2, 0.25) is 0 Å². The van der Waals surface area contributed by atoms with Crippen LogP contribution in [-0.4, -0.2) is 23.7 Å². The van der Waals surface area contributed by atoms with Crippen LogP contribution in [0.3, 0.4) is 0 Å². The van der Waals surface area contributed by atoms with E-state index in [4.69, 9.17) is 5.73 Å². The van der Waals surface area contributed by atoms with Gasteiger partial charge < -0.3 is 11.1 Å². The van der Waals surface area contributed by atoms with Crippen LogP contribution in [0.5, 0.6) is 0 Å². The number of anilines is 1. The zero-order valence-electron chi connectivity index (χ0n) is 16.7. The van der Waals surface area contributed by atoms with Crippen molar-refractivity contribution >= 4 is 17.8 Å². The number of nitrogens with one attached hydrogen (secondary N) is 1. The van der Waals surface area contributed by atoms with Crippen LogP contribution in [0.15, 0.2) is 41.5 Å². The summed E-state index contributed by atoms with van der Waals surface area (Å²) < 4.78 is 0. The first kappa shape index (κ1) is 20.6. The molecule has 5 heteroatoms. The molecule has 1 aromatic heterocycles. The molecule has 1 aromatic carbocycles. The molecular formula is C22H32N4O. The minimum Gasteiger partial charge on any atom is -0.397 e. The first-order chi connectivity index (χ1) is 12.9. The highest BCUT2D eigenvalue weighted by molar-refractivity contribution is 5.86. The summed E-state index contributed by atoms with van der Waals surface area (Å²) in [4.78, 5) is 21.1. The van der Waals surface area contributed by atoms with Gasteiger partial charge in [-0.15, -0.1) is 0 Å². The second-order valence-corrected chi connectivity index (χ2v) is 7.14. The first-order valence-corrected chi connectivity index (χ1v) is 9.54. The van der Waals surface area contributed by atoms with E-state index in [0.29, 0.717) is 18.0 Å². The number of hydrogen-bond acceptors (Lipinski definition) is 4. The molecule has 0 unspecified atom stereocenters. The molecule has 0 saturated heterocycles. The zero-order chi connectivity index (χ0) is 19.8. The van der Waals surface area contributed by atoms with E-state index in [1.54, 1.807) is 12.4 Å². The van der Waals surface area contributed by atoms with Crippen molar-refractivity contribution in [3.8, 4) is 0 Å². The lowest BCUT2D eigenvalue weighted by molar-refractivity contribution is -0.121. The number of aromatic nitrogens is 1. The fourth-order valence-electron chi connectivity index (χ4n) is 2.71. The number of hydrogen-bond donors (Lipinski definition) is 2. The lowest BCUT2D eigenvalue weighted by Crippen LogP contribution is -2.28. The summed E-state index contributed by atoms with van der Waals surface area (Å²) >= 11 is 0. The van der Waals surface area contributed by atoms with Gasteiger partial charge in [0.2, 0.25) is 5.91 Å². The number of nitrogens with two attached hydrogens (primary N) is 1. The van der Waals surface area contributed by atoms with Crippen LogP contribution in [0.25, 0.3) is 0 Å². The molecule has 2 aromatic rings. The molecule has 0 aliphatic heterocycles. The minimum absolute atomic E-state index is 0. The maximum atomic E-state index is 12.4. The molecule has 2 rings (SSSR count). The molecule has 1 atom stereocenters. The predicted octanol–water partition coefficient (Wildman–Crippen LogP) is 4.28. The number of pyridine rings is 1. The molecule has 1 amide bonds. The quantitative estimate of drug-likeness (QED) is 0.682. The average Bonchev–Trinajstić information content (AvgIpc) is 2.63. The standard InChI is InChI=1S/C22H30N4O.H2/c1-5-10-24-13-19-12-21(25-14-20(19)23)16(4)26-22(27)11-17-6-8-18(9-7-17)15(2)3;/h6-9,12-16H,5,10-11,23H2,1-4H3,(H,26,27);1H/t16-;/m1./s1. The van der Waals surface area contributed by atoms with E-state index >= 15 is 0 Å². The van der Waals surface area contributed by atoms with Crippen LogP contribution in [0, 0.1) is 0 Å². The van der Waals surface area contributed by atoms with E-state index in [0.717, 1.165) is 29.8 Å². The van der Waals surface area contributed by atoms with E-state index in [1.807, 2.05) is 25.1 Å². The second-order valence-electron chi connectivity index (χ2n) is 7.14. The Bertz CT molecular complexity index is 788. The molecule has 1 heterocycles. The number of rotatable bonds is 8. The fraction of sp³-hybridized carbons (Fsp3) is 0.409. The minimum atomic E-state index is -0.202. The van der Waals surface area contributed by atoms with Gasteiger partial charge in [0, 0.05) is 19.7 Å². The first-order valence-electron chi connectivity index (χ1n) is 9.54. The van der Waals surface area contributed by atoms with Crippen LogP contribution in [-0.2, 0) is 11.2 Å². The summed E-state index contributed by atoms with van der Waals surface area (Å²) in [6.07, 6.45) is 4.73. The highest BCUT2D eigenvalue weighted by Crippen LogP contribution is 2.17. The number of carbonyl (C=O) groups is 1. The molecule has 0 saturated carbocycles. The number of amides is 1. The van der Waals surface area contributed by atoms with Crippen molar-refractivity contribution in [3.05, 3.63) is 58.9 Å². The van der Waals surface area contributed by atoms with Crippen molar-refractivity contribution in [2.45, 2.75) is 52.5 Å². The third-order valence-corrected chi connectivity index (χ3v) is 4.40. The van der Waals surface area contributed by atoms with Crippen LogP contribution in [0.1, 0.15) is 69.9 Å². The largest absolute Gasteiger partial charge is 0.397 e. The number of carbonyl (C=O) groups excluding carboxylic acids is 1. The van der Waals surface area contributed by atoms with Crippen molar-refractivity contribution in [3.63, 3.8) is 0 Å². The summed E-state index contributed by atoms with van der Waals surface area (Å²) in [7, 11) is 0. The summed E-state index contributed by atoms with van der Waals surface area (Å²) in [6.45, 7) is 9.07. The smallest absolute Gasteiger partial charge is 0.224 e. The Morgan fingerprint density at radius 1 is 1.30 bits per heavy atom. The number of nitrogen functional groups attached to an aromatic ring is 1. The van der Waals surface area contributed by atoms with Crippen LogP contribution >= 0.6 is 0 Å². The number of nitrogens with zero attached hydrogens (tertiary/aromatic N) is 2. The Hall–Kier alpha value is -2.69. The monoisotopic (exact) mass is 368 g/mol. The number of benzene rings is 1. The lowest BCUT2D eigenvalue weighted by atomic mass is 10.0. The van der Waals surface area contributed by atoms with Crippen molar-refractivity contribution in [2.24, 2.45) is 4.99 Å². The molecular weight excluding hydrogens is 336 g/mol. The Balaban J connectivity index is 0.00000392. The van der Waals surface area contributed by atoms with Gasteiger partial charge in [0.15, 0.2) is 0 Å². The van der Waals surface area contributed by atoms with Gasteiger partial charge in [-0.05, 0) is 36.5 Å². The molecule has 0 bridgehead atoms. The Labute approximate surface area is 163 Å². The third-order valence-electron chi connectivity index (χ3n) is 4.40. The topological polar surface area (TPSA) is 80.4 Å². The van der Waals surface area contributed by atoms with E-state index in [9.17, 15) is 4.79 Å². The highest BCUT2D eigenvalue weighted by Gasteiger charge is 2.13. The van der Waals surface area contributed by atoms with Gasteiger partial charge >= 0.3 is 0 Å². The van der Waals surface area contributed by atoms with Crippen LogP contribution < -0.4 is 11.1 Å². The summed E-state index contributed by atoms with van der Waals surface area (Å²) in [5, 5.41) is 3.01. The fourth-order valence-corrected chi connectivity index (χ4v) is 2.71. The van der Waals surface area contributed by atoms with Crippen molar-refractivity contribution in [2.75, 3.05) is 12.3 Å². The SMILES string of the molecule is CCCN=Cc1cc([C@@H](C)NC(=O)Cc2ccc(C(C)C)cc2)ncc1N.[HH]. The maximum absolute atomic E-state index is 12.4. The highest BCUT2D eigenvalue weighted by atomic mass is 16.1. The van der Waals surface area contributed by atoms with Gasteiger partial charge in [-0.3, -0.25) is 14.8 Å². The molecule has 27 heavy (non-hydrogen) atoms. The van der Waals surface area contributed by atoms with Gasteiger partial charge in [-0.2, -0.15) is 0 Å². The normalized spacial score (nSPS) is 12.5. The van der Waals surface area contributed by atoms with Gasteiger partial charge in [0.1, 0.15) is 0 Å². The zero-order valence-corrected chi connectivity index (χ0v) is 16.7. The maximum Gasteiger partial charge on any atom is 0.224 e. The molecule has 0 spiro atoms. The Morgan fingerprint density at radius 3 is 2.63 bits per heavy atom. The summed E-state index contributed by atoms with van der Waals surface area (Å²) in [5.74, 6) is 0.458. The molecule has 0 aliphatic rings. The van der Waals surface area contributed by atoms with E-state index in [2.05, 4.69) is 48.2 Å². The molecule has 0 aliphatic carbocycles. The van der Waals surface area contributed by atoms with E-state index in [1.165, 1.54) is 5.56 Å². The van der Waals surface area contributed by atoms with Crippen molar-refractivity contribution in [1.82, 2.24) is 10.3 Å². The third kappa shape index (κ3) is 6.20. The molecule has 3 N–H and O–H groups in total. The summed E-state index contributed by atoms with van der Waals surface area (Å²) in [6, 6.07) is 9.88. The summed E-state index contributed by atoms with van der Waals surface area (Å²) in [5.41, 5.74) is 10.4. The molecule has 0 fully saturated rings. The number of aliphatic imine (C=N–C) groups is 1. The second kappa shape index (κ2) is 9.86. The van der Waals surface area contributed by atoms with Gasteiger partial charge in [-0.1, -0.05) is 45.0 Å². The lowest BCUT2D eigenvalue weighted by Gasteiger charge is -2.15. The molecule has 5 nitrogen and oxygen atoms in total. The van der Waals surface area contributed by atoms with Gasteiger partial charge in [0.05, 0.1) is 30.0 Å². The van der Waals surface area contributed by atoms with Gasteiger partial charge in [0.25, 0.3) is 0 Å². The van der Waals surface area contributed by atoms with Crippen LogP contribution in [0.4, 0.5) is 5.69 Å². The molecule has 0 radical (unpaired) electrons. The predicted molar refractivity (Wildman–Crippen MR) is 114 cm³/mol. The molecule has 146 valence electrons.